The van der Waals surface area contributed by atoms with Crippen molar-refractivity contribution in [1.29, 1.82) is 5.41 Å². The van der Waals surface area contributed by atoms with E-state index in [0.717, 1.165) is 6.07 Å². The Bertz CT molecular complexity index is 453. The lowest BCUT2D eigenvalue weighted by molar-refractivity contribution is 0.00232. The predicted molar refractivity (Wildman–Crippen MR) is 63.3 cm³/mol. The minimum Gasteiger partial charge on any atom is -0.385 e. The molecule has 98 valence electrons. The Kier molecular flexibility index (Phi) is 3.88. The third-order valence-electron chi connectivity index (χ3n) is 2.89. The van der Waals surface area contributed by atoms with Gasteiger partial charge in [0, 0.05) is 19.6 Å². The molecule has 1 aliphatic rings. The van der Waals surface area contributed by atoms with E-state index in [4.69, 9.17) is 15.9 Å². The first-order valence-electron chi connectivity index (χ1n) is 5.68. The van der Waals surface area contributed by atoms with Crippen LogP contribution in [0.3, 0.4) is 0 Å². The Balaban J connectivity index is 2.00. The van der Waals surface area contributed by atoms with Crippen LogP contribution in [0.1, 0.15) is 5.56 Å². The molecule has 3 N–H and O–H groups in total. The van der Waals surface area contributed by atoms with E-state index in [-0.39, 0.29) is 5.84 Å². The molecule has 0 saturated carbocycles. The van der Waals surface area contributed by atoms with Gasteiger partial charge in [-0.2, -0.15) is 0 Å². The number of amidine groups is 1. The van der Waals surface area contributed by atoms with Gasteiger partial charge in [-0.25, -0.2) is 8.78 Å². The minimum absolute atomic E-state index is 0.00927. The molecule has 1 heterocycles. The number of benzene rings is 1. The summed E-state index contributed by atoms with van der Waals surface area (Å²) in [6.45, 7) is 2.15. The number of nitrogens with one attached hydrogen (secondary N) is 1. The highest BCUT2D eigenvalue weighted by Crippen LogP contribution is 2.13. The van der Waals surface area contributed by atoms with Gasteiger partial charge in [0.2, 0.25) is 0 Å². The largest absolute Gasteiger partial charge is 0.385 e. The Morgan fingerprint density at radius 1 is 1.44 bits per heavy atom. The zero-order valence-electron chi connectivity index (χ0n) is 9.83. The quantitative estimate of drug-likeness (QED) is 0.628. The summed E-state index contributed by atoms with van der Waals surface area (Å²) in [7, 11) is 0. The maximum Gasteiger partial charge on any atom is 0.159 e. The third kappa shape index (κ3) is 3.02. The average Bonchev–Trinajstić information content (AvgIpc) is 2.34. The highest BCUT2D eigenvalue weighted by Gasteiger charge is 2.22. The van der Waals surface area contributed by atoms with E-state index in [1.807, 2.05) is 4.90 Å². The number of nitrogens with zero attached hydrogens (tertiary/aromatic N) is 1. The molecule has 0 spiro atoms. The van der Waals surface area contributed by atoms with Crippen LogP contribution in [-0.2, 0) is 11.3 Å². The maximum atomic E-state index is 13.1. The molecule has 18 heavy (non-hydrogen) atoms. The van der Waals surface area contributed by atoms with Gasteiger partial charge in [0.25, 0.3) is 0 Å². The molecule has 6 heteroatoms. The molecule has 1 unspecified atom stereocenters. The second-order valence-electron chi connectivity index (χ2n) is 4.30. The summed E-state index contributed by atoms with van der Waals surface area (Å²) in [4.78, 5) is 2.00. The molecule has 1 saturated heterocycles. The minimum atomic E-state index is -0.845. The van der Waals surface area contributed by atoms with E-state index in [1.54, 1.807) is 6.07 Å². The Morgan fingerprint density at radius 2 is 2.22 bits per heavy atom. The number of hydrogen-bond donors (Lipinski definition) is 2. The van der Waals surface area contributed by atoms with Gasteiger partial charge in [-0.3, -0.25) is 10.3 Å². The SMILES string of the molecule is N=C(N)C1CN(Cc2ccc(F)c(F)c2)CCO1. The van der Waals surface area contributed by atoms with E-state index in [2.05, 4.69) is 0 Å². The van der Waals surface area contributed by atoms with Crippen LogP contribution in [0.5, 0.6) is 0 Å². The first-order chi connectivity index (χ1) is 8.56. The summed E-state index contributed by atoms with van der Waals surface area (Å²) in [6.07, 6.45) is -0.413. The Labute approximate surface area is 104 Å². The molecule has 2 rings (SSSR count). The Hall–Kier alpha value is -1.53. The fourth-order valence-electron chi connectivity index (χ4n) is 1.93. The van der Waals surface area contributed by atoms with Gasteiger partial charge in [-0.1, -0.05) is 6.07 Å². The number of nitrogens with two attached hydrogens (primary N) is 1. The van der Waals surface area contributed by atoms with E-state index < -0.39 is 17.7 Å². The number of morpholine rings is 1. The maximum absolute atomic E-state index is 13.1. The highest BCUT2D eigenvalue weighted by atomic mass is 19.2. The highest BCUT2D eigenvalue weighted by molar-refractivity contribution is 5.82. The number of hydrogen-bond acceptors (Lipinski definition) is 3. The van der Waals surface area contributed by atoms with Crippen LogP contribution >= 0.6 is 0 Å². The topological polar surface area (TPSA) is 62.3 Å². The summed E-state index contributed by atoms with van der Waals surface area (Å²) < 4.78 is 31.2. The van der Waals surface area contributed by atoms with Crippen LogP contribution in [0, 0.1) is 17.0 Å². The monoisotopic (exact) mass is 255 g/mol. The summed E-state index contributed by atoms with van der Waals surface area (Å²) >= 11 is 0. The van der Waals surface area contributed by atoms with Crippen LogP contribution < -0.4 is 5.73 Å². The van der Waals surface area contributed by atoms with Crippen molar-refractivity contribution in [2.24, 2.45) is 5.73 Å². The van der Waals surface area contributed by atoms with Gasteiger partial charge >= 0.3 is 0 Å². The molecule has 1 atom stereocenters. The normalized spacial score (nSPS) is 20.9. The Morgan fingerprint density at radius 3 is 2.89 bits per heavy atom. The molecule has 0 aliphatic carbocycles. The van der Waals surface area contributed by atoms with Crippen molar-refractivity contribution < 1.29 is 13.5 Å². The van der Waals surface area contributed by atoms with Crippen molar-refractivity contribution in [3.63, 3.8) is 0 Å². The fourth-order valence-corrected chi connectivity index (χ4v) is 1.93. The van der Waals surface area contributed by atoms with Gasteiger partial charge in [-0.15, -0.1) is 0 Å². The van der Waals surface area contributed by atoms with E-state index in [9.17, 15) is 8.78 Å². The number of ether oxygens (including phenoxy) is 1. The third-order valence-corrected chi connectivity index (χ3v) is 2.89. The van der Waals surface area contributed by atoms with Crippen LogP contribution in [0.15, 0.2) is 18.2 Å². The molecule has 1 aromatic rings. The van der Waals surface area contributed by atoms with Crippen molar-refractivity contribution in [2.75, 3.05) is 19.7 Å². The lowest BCUT2D eigenvalue weighted by atomic mass is 10.1. The van der Waals surface area contributed by atoms with Crippen LogP contribution in [0.4, 0.5) is 8.78 Å². The molecule has 1 fully saturated rings. The van der Waals surface area contributed by atoms with Gasteiger partial charge in [-0.05, 0) is 17.7 Å². The van der Waals surface area contributed by atoms with Crippen LogP contribution in [0.25, 0.3) is 0 Å². The van der Waals surface area contributed by atoms with Crippen molar-refractivity contribution in [1.82, 2.24) is 4.90 Å². The molecule has 4 nitrogen and oxygen atoms in total. The van der Waals surface area contributed by atoms with E-state index in [0.29, 0.717) is 31.8 Å². The lowest BCUT2D eigenvalue weighted by Gasteiger charge is -2.32. The van der Waals surface area contributed by atoms with Gasteiger partial charge in [0.1, 0.15) is 11.9 Å². The summed E-state index contributed by atoms with van der Waals surface area (Å²) in [6, 6.07) is 3.86. The predicted octanol–water partition coefficient (Wildman–Crippen LogP) is 1.10. The molecule has 0 aromatic heterocycles. The molecule has 1 aromatic carbocycles. The molecule has 0 bridgehead atoms. The lowest BCUT2D eigenvalue weighted by Crippen LogP contribution is -2.47. The van der Waals surface area contributed by atoms with Gasteiger partial charge < -0.3 is 10.5 Å². The summed E-state index contributed by atoms with van der Waals surface area (Å²) in [5.74, 6) is -1.70. The molecular weight excluding hydrogens is 240 g/mol. The average molecular weight is 255 g/mol. The smallest absolute Gasteiger partial charge is 0.159 e. The second kappa shape index (κ2) is 5.41. The molecule has 0 radical (unpaired) electrons. The molecular formula is C12H15F2N3O. The van der Waals surface area contributed by atoms with Crippen molar-refractivity contribution in [3.8, 4) is 0 Å². The second-order valence-corrected chi connectivity index (χ2v) is 4.30. The van der Waals surface area contributed by atoms with E-state index >= 15 is 0 Å². The van der Waals surface area contributed by atoms with Gasteiger partial charge in [0.05, 0.1) is 6.61 Å². The first-order valence-corrected chi connectivity index (χ1v) is 5.68. The van der Waals surface area contributed by atoms with E-state index in [1.165, 1.54) is 6.07 Å². The zero-order valence-corrected chi connectivity index (χ0v) is 9.83. The fraction of sp³-hybridized carbons (Fsp3) is 0.417. The van der Waals surface area contributed by atoms with Crippen LogP contribution in [0.2, 0.25) is 0 Å². The summed E-state index contributed by atoms with van der Waals surface area (Å²) in [5.41, 5.74) is 6.08. The zero-order chi connectivity index (χ0) is 13.1. The van der Waals surface area contributed by atoms with Crippen molar-refractivity contribution in [3.05, 3.63) is 35.4 Å². The number of rotatable bonds is 3. The number of halogens is 2. The van der Waals surface area contributed by atoms with Crippen molar-refractivity contribution in [2.45, 2.75) is 12.6 Å². The standard InChI is InChI=1S/C12H15F2N3O/c13-9-2-1-8(5-10(9)14)6-17-3-4-18-11(7-17)12(15)16/h1-2,5,11H,3-4,6-7H2,(H3,15,16). The van der Waals surface area contributed by atoms with Crippen molar-refractivity contribution >= 4 is 5.84 Å². The molecule has 1 aliphatic heterocycles. The van der Waals surface area contributed by atoms with Crippen LogP contribution in [-0.4, -0.2) is 36.5 Å². The first kappa shape index (κ1) is 12.9. The summed E-state index contributed by atoms with van der Waals surface area (Å²) in [5, 5.41) is 7.34. The van der Waals surface area contributed by atoms with Gasteiger partial charge in [0.15, 0.2) is 11.6 Å². The molecule has 0 amide bonds.